The summed E-state index contributed by atoms with van der Waals surface area (Å²) in [5, 5.41) is 0. The van der Waals surface area contributed by atoms with E-state index in [2.05, 4.69) is 4.72 Å². The molecular formula is C20H31FN2O5S. The third-order valence-corrected chi connectivity index (χ3v) is 6.26. The SMILES string of the molecule is C[C@@H](NS(=O)(=O)CCCCCCOC(=O)CN)c1ccc(F)c(OCC2CC2)c1. The topological polar surface area (TPSA) is 108 Å². The Morgan fingerprint density at radius 3 is 2.69 bits per heavy atom. The quantitative estimate of drug-likeness (QED) is 0.347. The number of nitrogens with two attached hydrogens (primary N) is 1. The Morgan fingerprint density at radius 2 is 2.00 bits per heavy atom. The first-order chi connectivity index (χ1) is 13.8. The highest BCUT2D eigenvalue weighted by Crippen LogP contribution is 2.31. The van der Waals surface area contributed by atoms with Crippen molar-refractivity contribution in [3.63, 3.8) is 0 Å². The van der Waals surface area contributed by atoms with Gasteiger partial charge < -0.3 is 15.2 Å². The lowest BCUT2D eigenvalue weighted by molar-refractivity contribution is -0.142. The summed E-state index contributed by atoms with van der Waals surface area (Å²) in [4.78, 5) is 10.9. The van der Waals surface area contributed by atoms with E-state index in [1.807, 2.05) is 0 Å². The number of sulfonamides is 1. The molecule has 0 heterocycles. The van der Waals surface area contributed by atoms with Crippen molar-refractivity contribution in [1.82, 2.24) is 4.72 Å². The highest BCUT2D eigenvalue weighted by Gasteiger charge is 2.23. The van der Waals surface area contributed by atoms with Crippen molar-refractivity contribution in [1.29, 1.82) is 0 Å². The normalized spacial score (nSPS) is 15.1. The monoisotopic (exact) mass is 430 g/mol. The molecule has 0 unspecified atom stereocenters. The first-order valence-electron chi connectivity index (χ1n) is 10.1. The molecule has 1 aliphatic rings. The van der Waals surface area contributed by atoms with Gasteiger partial charge in [-0.1, -0.05) is 18.9 Å². The fourth-order valence-electron chi connectivity index (χ4n) is 2.78. The fourth-order valence-corrected chi connectivity index (χ4v) is 4.16. The number of nitrogens with one attached hydrogen (secondary N) is 1. The second-order valence-electron chi connectivity index (χ2n) is 7.44. The molecule has 164 valence electrons. The third-order valence-electron chi connectivity index (χ3n) is 4.72. The van der Waals surface area contributed by atoms with Gasteiger partial charge in [0.25, 0.3) is 0 Å². The van der Waals surface area contributed by atoms with Crippen molar-refractivity contribution in [2.24, 2.45) is 11.7 Å². The lowest BCUT2D eigenvalue weighted by Gasteiger charge is -2.16. The molecule has 0 amide bonds. The summed E-state index contributed by atoms with van der Waals surface area (Å²) in [5.74, 6) is -0.210. The number of benzene rings is 1. The molecular weight excluding hydrogens is 399 g/mol. The Hall–Kier alpha value is -1.71. The average Bonchev–Trinajstić information content (AvgIpc) is 3.50. The van der Waals surface area contributed by atoms with Crippen LogP contribution in [0.5, 0.6) is 5.75 Å². The van der Waals surface area contributed by atoms with E-state index in [1.54, 1.807) is 19.1 Å². The van der Waals surface area contributed by atoms with E-state index in [1.165, 1.54) is 6.07 Å². The molecule has 0 aromatic heterocycles. The van der Waals surface area contributed by atoms with Crippen molar-refractivity contribution >= 4 is 16.0 Å². The van der Waals surface area contributed by atoms with Crippen LogP contribution in [0.25, 0.3) is 0 Å². The van der Waals surface area contributed by atoms with Gasteiger partial charge in [-0.15, -0.1) is 0 Å². The van der Waals surface area contributed by atoms with Gasteiger partial charge in [-0.2, -0.15) is 0 Å². The minimum absolute atomic E-state index is 0.00611. The van der Waals surface area contributed by atoms with E-state index in [0.29, 0.717) is 44.0 Å². The van der Waals surface area contributed by atoms with Crippen LogP contribution in [-0.4, -0.2) is 39.9 Å². The molecule has 2 rings (SSSR count). The molecule has 3 N–H and O–H groups in total. The van der Waals surface area contributed by atoms with E-state index >= 15 is 0 Å². The maximum absolute atomic E-state index is 13.9. The predicted octanol–water partition coefficient (Wildman–Crippen LogP) is 2.66. The summed E-state index contributed by atoms with van der Waals surface area (Å²) in [7, 11) is -3.46. The van der Waals surface area contributed by atoms with Crippen LogP contribution in [0.15, 0.2) is 18.2 Å². The van der Waals surface area contributed by atoms with Crippen LogP contribution >= 0.6 is 0 Å². The molecule has 29 heavy (non-hydrogen) atoms. The van der Waals surface area contributed by atoms with Gasteiger partial charge in [0.05, 0.1) is 25.5 Å². The summed E-state index contributed by atoms with van der Waals surface area (Å²) in [6.07, 6.45) is 4.88. The van der Waals surface area contributed by atoms with Crippen molar-refractivity contribution < 1.29 is 27.1 Å². The molecule has 0 bridgehead atoms. The predicted molar refractivity (Wildman–Crippen MR) is 108 cm³/mol. The van der Waals surface area contributed by atoms with E-state index in [0.717, 1.165) is 19.3 Å². The minimum Gasteiger partial charge on any atom is -0.490 e. The van der Waals surface area contributed by atoms with Crippen LogP contribution in [-0.2, 0) is 19.6 Å². The number of hydrogen-bond acceptors (Lipinski definition) is 6. The number of unbranched alkanes of at least 4 members (excludes halogenated alkanes) is 3. The highest BCUT2D eigenvalue weighted by atomic mass is 32.2. The maximum Gasteiger partial charge on any atom is 0.319 e. The van der Waals surface area contributed by atoms with Gasteiger partial charge in [0.2, 0.25) is 10.0 Å². The number of esters is 1. The minimum atomic E-state index is -3.46. The zero-order chi connectivity index (χ0) is 21.3. The Labute approximate surface area is 172 Å². The molecule has 0 aliphatic heterocycles. The van der Waals surface area contributed by atoms with Crippen molar-refractivity contribution in [2.45, 2.75) is 51.5 Å². The Morgan fingerprint density at radius 1 is 1.28 bits per heavy atom. The molecule has 9 heteroatoms. The molecule has 1 aromatic rings. The summed E-state index contributed by atoms with van der Waals surface area (Å²) < 4.78 is 51.5. The van der Waals surface area contributed by atoms with Gasteiger partial charge in [0, 0.05) is 6.04 Å². The summed E-state index contributed by atoms with van der Waals surface area (Å²) in [6, 6.07) is 3.95. The molecule has 0 spiro atoms. The van der Waals surface area contributed by atoms with Crippen LogP contribution in [0.3, 0.4) is 0 Å². The standard InChI is InChI=1S/C20H31FN2O5S/c1-15(17-8-9-18(21)19(12-17)28-14-16-6-7-16)23-29(25,26)11-5-3-2-4-10-27-20(24)13-22/h8-9,12,15-16,23H,2-7,10-11,13-14,22H2,1H3/t15-/m1/s1. The zero-order valence-electron chi connectivity index (χ0n) is 16.9. The van der Waals surface area contributed by atoms with Crippen LogP contribution in [0, 0.1) is 11.7 Å². The van der Waals surface area contributed by atoms with Gasteiger partial charge in [0.15, 0.2) is 11.6 Å². The zero-order valence-corrected chi connectivity index (χ0v) is 17.7. The lowest BCUT2D eigenvalue weighted by Crippen LogP contribution is -2.29. The summed E-state index contributed by atoms with van der Waals surface area (Å²) >= 11 is 0. The molecule has 0 radical (unpaired) electrons. The maximum atomic E-state index is 13.9. The number of hydrogen-bond donors (Lipinski definition) is 2. The largest absolute Gasteiger partial charge is 0.490 e. The van der Waals surface area contributed by atoms with Crippen LogP contribution in [0.1, 0.15) is 57.1 Å². The molecule has 1 fully saturated rings. The molecule has 1 saturated carbocycles. The molecule has 0 saturated heterocycles. The van der Waals surface area contributed by atoms with Crippen molar-refractivity contribution in [3.8, 4) is 5.75 Å². The van der Waals surface area contributed by atoms with E-state index < -0.39 is 27.9 Å². The third kappa shape index (κ3) is 9.10. The van der Waals surface area contributed by atoms with Gasteiger partial charge in [0.1, 0.15) is 0 Å². The van der Waals surface area contributed by atoms with Crippen LogP contribution < -0.4 is 15.2 Å². The number of halogens is 1. The smallest absolute Gasteiger partial charge is 0.319 e. The first-order valence-corrected chi connectivity index (χ1v) is 11.7. The Bertz CT molecular complexity index is 768. The fraction of sp³-hybridized carbons (Fsp3) is 0.650. The van der Waals surface area contributed by atoms with Gasteiger partial charge in [-0.05, 0) is 56.2 Å². The van der Waals surface area contributed by atoms with Crippen LogP contribution in [0.2, 0.25) is 0 Å². The Balaban J connectivity index is 1.73. The summed E-state index contributed by atoms with van der Waals surface area (Å²) in [6.45, 7) is 2.38. The van der Waals surface area contributed by atoms with Gasteiger partial charge >= 0.3 is 5.97 Å². The number of carbonyl (C=O) groups is 1. The summed E-state index contributed by atoms with van der Waals surface area (Å²) in [5.41, 5.74) is 5.79. The first kappa shape index (κ1) is 23.6. The number of carbonyl (C=O) groups excluding carboxylic acids is 1. The van der Waals surface area contributed by atoms with E-state index in [9.17, 15) is 17.6 Å². The second-order valence-corrected chi connectivity index (χ2v) is 9.31. The second kappa shape index (κ2) is 11.5. The molecule has 1 aromatic carbocycles. The highest BCUT2D eigenvalue weighted by molar-refractivity contribution is 7.89. The van der Waals surface area contributed by atoms with E-state index in [4.69, 9.17) is 15.2 Å². The average molecular weight is 431 g/mol. The van der Waals surface area contributed by atoms with Crippen molar-refractivity contribution in [3.05, 3.63) is 29.6 Å². The number of ether oxygens (including phenoxy) is 2. The molecule has 1 atom stereocenters. The van der Waals surface area contributed by atoms with E-state index in [-0.39, 0.29) is 18.0 Å². The molecule has 7 nitrogen and oxygen atoms in total. The molecule has 1 aliphatic carbocycles. The van der Waals surface area contributed by atoms with Crippen LogP contribution in [0.4, 0.5) is 4.39 Å². The lowest BCUT2D eigenvalue weighted by atomic mass is 10.1. The Kier molecular flexibility index (Phi) is 9.32. The van der Waals surface area contributed by atoms with Gasteiger partial charge in [-0.3, -0.25) is 4.79 Å². The van der Waals surface area contributed by atoms with Crippen molar-refractivity contribution in [2.75, 3.05) is 25.5 Å². The number of rotatable bonds is 14. The van der Waals surface area contributed by atoms with Gasteiger partial charge in [-0.25, -0.2) is 17.5 Å².